The van der Waals surface area contributed by atoms with Crippen molar-refractivity contribution < 1.29 is 14.9 Å². The number of aliphatic hydroxyl groups is 2. The second kappa shape index (κ2) is 3.81. The van der Waals surface area contributed by atoms with E-state index in [4.69, 9.17) is 4.89 Å². The molecule has 0 bridgehead atoms. The smallest absolute Gasteiger partial charge is 0.378 e. The largest absolute Gasteiger partial charge is 0.398 e. The Kier molecular flexibility index (Phi) is 2.87. The highest BCUT2D eigenvalue weighted by Crippen LogP contribution is 2.46. The minimum Gasteiger partial charge on any atom is -0.378 e. The predicted molar refractivity (Wildman–Crippen MR) is 61.4 cm³/mol. The molecule has 1 aliphatic carbocycles. The van der Waals surface area contributed by atoms with Gasteiger partial charge in [0.2, 0.25) is 0 Å². The van der Waals surface area contributed by atoms with Crippen molar-refractivity contribution in [3.63, 3.8) is 0 Å². The van der Waals surface area contributed by atoms with Gasteiger partial charge in [-0.25, -0.2) is 4.89 Å². The zero-order valence-electron chi connectivity index (χ0n) is 10.4. The Morgan fingerprint density at radius 3 is 2.62 bits per heavy atom. The summed E-state index contributed by atoms with van der Waals surface area (Å²) in [5, 5.41) is 13.3. The van der Waals surface area contributed by atoms with E-state index in [1.165, 1.54) is 5.57 Å². The highest BCUT2D eigenvalue weighted by Gasteiger charge is 2.60. The van der Waals surface area contributed by atoms with Crippen LogP contribution in [-0.2, 0) is 4.89 Å². The average Bonchev–Trinajstić information content (AvgIpc) is 2.74. The highest BCUT2D eigenvalue weighted by atomic mass is 17.4. The van der Waals surface area contributed by atoms with Crippen molar-refractivity contribution in [1.29, 1.82) is 0 Å². The number of aliphatic hydroxyl groups excluding tert-OH is 1. The van der Waals surface area contributed by atoms with E-state index in [9.17, 15) is 5.11 Å². The third-order valence-corrected chi connectivity index (χ3v) is 3.48. The van der Waals surface area contributed by atoms with Crippen molar-refractivity contribution in [2.24, 2.45) is 5.41 Å². The van der Waals surface area contributed by atoms with E-state index in [-0.39, 0.29) is 17.2 Å². The summed E-state index contributed by atoms with van der Waals surface area (Å²) in [5.41, 5.74) is 0.962. The second-order valence-electron chi connectivity index (χ2n) is 5.64. The Morgan fingerprint density at radius 1 is 1.56 bits per heavy atom. The van der Waals surface area contributed by atoms with E-state index in [1.807, 2.05) is 13.8 Å². The van der Waals surface area contributed by atoms with Crippen LogP contribution < -0.4 is 5.32 Å². The summed E-state index contributed by atoms with van der Waals surface area (Å²) in [6.07, 6.45) is 3.40. The van der Waals surface area contributed by atoms with Crippen LogP contribution >= 0.6 is 0 Å². The van der Waals surface area contributed by atoms with Crippen LogP contribution in [0.3, 0.4) is 0 Å². The molecule has 92 valence electrons. The molecule has 1 unspecified atom stereocenters. The summed E-state index contributed by atoms with van der Waals surface area (Å²) in [7, 11) is 0. The van der Waals surface area contributed by atoms with Gasteiger partial charge in [-0.05, 0) is 25.2 Å². The first-order valence-electron chi connectivity index (χ1n) is 5.92. The maximum absolute atomic E-state index is 10.2. The van der Waals surface area contributed by atoms with Gasteiger partial charge in [-0.15, -0.1) is 0 Å². The van der Waals surface area contributed by atoms with Crippen LogP contribution in [0.25, 0.3) is 0 Å². The van der Waals surface area contributed by atoms with Crippen LogP contribution in [0.2, 0.25) is 0 Å². The maximum atomic E-state index is 10.2. The molecule has 2 atom stereocenters. The van der Waals surface area contributed by atoms with E-state index in [0.717, 1.165) is 12.8 Å². The Hall–Kier alpha value is -0.420. The van der Waals surface area contributed by atoms with Gasteiger partial charge in [-0.3, -0.25) is 5.32 Å². The lowest BCUT2D eigenvalue weighted by Crippen LogP contribution is -2.45. The van der Waals surface area contributed by atoms with Crippen molar-refractivity contribution in [1.82, 2.24) is 5.32 Å². The lowest BCUT2D eigenvalue weighted by molar-refractivity contribution is -0.0619. The molecule has 1 heterocycles. The molecule has 0 aromatic carbocycles. The molecule has 1 saturated heterocycles. The minimum atomic E-state index is -0.535. The van der Waals surface area contributed by atoms with E-state index >= 15 is 0 Å². The molecule has 0 amide bonds. The SMILES string of the molecule is CC(C)NC(O)C(C)(C)C1=C[C@@]2(CC1)O[OH+]2. The molecule has 0 radical (unpaired) electrons. The van der Waals surface area contributed by atoms with Crippen LogP contribution in [0.5, 0.6) is 0 Å². The van der Waals surface area contributed by atoms with Gasteiger partial charge in [0.15, 0.2) is 0 Å². The number of hydrogen-bond donors (Lipinski definition) is 2. The van der Waals surface area contributed by atoms with Gasteiger partial charge in [-0.1, -0.05) is 19.4 Å². The summed E-state index contributed by atoms with van der Waals surface area (Å²) in [6, 6.07) is 0.270. The van der Waals surface area contributed by atoms with Crippen molar-refractivity contribution >= 4 is 0 Å². The zero-order valence-corrected chi connectivity index (χ0v) is 10.4. The normalized spacial score (nSPS) is 31.0. The average molecular weight is 228 g/mol. The number of nitrogens with one attached hydrogen (secondary N) is 1. The van der Waals surface area contributed by atoms with Gasteiger partial charge in [0, 0.05) is 17.5 Å². The summed E-state index contributed by atoms with van der Waals surface area (Å²) >= 11 is 0. The quantitative estimate of drug-likeness (QED) is 0.250. The van der Waals surface area contributed by atoms with E-state index in [1.54, 1.807) is 0 Å². The zero-order chi connectivity index (χ0) is 12.0. The summed E-state index contributed by atoms with van der Waals surface area (Å²) in [4.78, 5) is 9.03. The summed E-state index contributed by atoms with van der Waals surface area (Å²) < 4.78 is 0. The van der Waals surface area contributed by atoms with E-state index < -0.39 is 6.23 Å². The lowest BCUT2D eigenvalue weighted by atomic mass is 9.81. The molecule has 1 fully saturated rings. The molecule has 0 saturated carbocycles. The topological polar surface area (TPSA) is 57.6 Å². The van der Waals surface area contributed by atoms with Crippen LogP contribution in [0, 0.1) is 5.41 Å². The third-order valence-electron chi connectivity index (χ3n) is 3.48. The first-order chi connectivity index (χ1) is 7.36. The Morgan fingerprint density at radius 2 is 2.19 bits per heavy atom. The lowest BCUT2D eigenvalue weighted by Gasteiger charge is -2.33. The fourth-order valence-electron chi connectivity index (χ4n) is 2.14. The van der Waals surface area contributed by atoms with Gasteiger partial charge in [0.25, 0.3) is 0 Å². The van der Waals surface area contributed by atoms with Crippen molar-refractivity contribution in [3.8, 4) is 0 Å². The van der Waals surface area contributed by atoms with E-state index in [2.05, 4.69) is 30.1 Å². The summed E-state index contributed by atoms with van der Waals surface area (Å²) in [6.45, 7) is 8.17. The third kappa shape index (κ3) is 2.15. The molecule has 16 heavy (non-hydrogen) atoms. The van der Waals surface area contributed by atoms with Gasteiger partial charge in [0.05, 0.1) is 6.42 Å². The fourth-order valence-corrected chi connectivity index (χ4v) is 2.14. The van der Waals surface area contributed by atoms with Crippen molar-refractivity contribution in [2.75, 3.05) is 0 Å². The summed E-state index contributed by atoms with van der Waals surface area (Å²) in [5.74, 6) is -0.329. The first-order valence-corrected chi connectivity index (χ1v) is 5.92. The number of hydrogen-bond acceptors (Lipinski definition) is 3. The monoisotopic (exact) mass is 228 g/mol. The highest BCUT2D eigenvalue weighted by molar-refractivity contribution is 5.24. The number of rotatable bonds is 4. The van der Waals surface area contributed by atoms with Crippen molar-refractivity contribution in [2.45, 2.75) is 58.6 Å². The first kappa shape index (κ1) is 12.0. The maximum Gasteiger partial charge on any atom is 0.398 e. The molecule has 4 nitrogen and oxygen atoms in total. The molecule has 1 spiro atoms. The Bertz CT molecular complexity index is 305. The molecule has 2 aliphatic rings. The van der Waals surface area contributed by atoms with Crippen LogP contribution in [0.4, 0.5) is 0 Å². The molecular formula is C12H22NO3+. The van der Waals surface area contributed by atoms with E-state index in [0.29, 0.717) is 0 Å². The second-order valence-corrected chi connectivity index (χ2v) is 5.64. The molecular weight excluding hydrogens is 206 g/mol. The van der Waals surface area contributed by atoms with Crippen molar-refractivity contribution in [3.05, 3.63) is 11.6 Å². The molecule has 1 aliphatic heterocycles. The van der Waals surface area contributed by atoms with Gasteiger partial charge < -0.3 is 5.11 Å². The minimum absolute atomic E-state index is 0.269. The standard InChI is InChI=1S/C12H21NO3/c1-8(2)13-10(14)11(3,4)9-5-6-12(7-9)15-16-12/h7-8,10,13-14H,5-6H2,1-4H3/p+1. The van der Waals surface area contributed by atoms with Crippen LogP contribution in [-0.4, -0.2) is 28.1 Å². The van der Waals surface area contributed by atoms with Crippen LogP contribution in [0.1, 0.15) is 40.5 Å². The Balaban J connectivity index is 2.06. The predicted octanol–water partition coefficient (Wildman–Crippen LogP) is 1.22. The van der Waals surface area contributed by atoms with Crippen LogP contribution in [0.15, 0.2) is 11.6 Å². The van der Waals surface area contributed by atoms with Gasteiger partial charge >= 0.3 is 5.79 Å². The van der Waals surface area contributed by atoms with Gasteiger partial charge in [0.1, 0.15) is 6.23 Å². The fraction of sp³-hybridized carbons (Fsp3) is 0.833. The Labute approximate surface area is 96.6 Å². The molecule has 2 rings (SSSR count). The molecule has 3 N–H and O–H groups in total. The molecule has 0 aromatic rings. The molecule has 4 heteroatoms. The van der Waals surface area contributed by atoms with Gasteiger partial charge in [-0.2, -0.15) is 0 Å². The molecule has 0 aromatic heterocycles.